The summed E-state index contributed by atoms with van der Waals surface area (Å²) in [5, 5.41) is 50.3. The van der Waals surface area contributed by atoms with E-state index < -0.39 is 5.24 Å². The Bertz CT molecular complexity index is 5400. The fraction of sp³-hybridized carbons (Fsp3) is 0. The van der Waals surface area contributed by atoms with Crippen LogP contribution in [0.5, 0.6) is 0 Å². The van der Waals surface area contributed by atoms with Gasteiger partial charge in [-0.1, -0.05) is 72.8 Å². The molecule has 0 saturated heterocycles. The average Bonchev–Trinajstić information content (AvgIpc) is 3.28. The van der Waals surface area contributed by atoms with Gasteiger partial charge >= 0.3 is 0 Å². The van der Waals surface area contributed by atoms with Crippen LogP contribution in [0, 0.1) is 0 Å². The maximum atomic E-state index is 13.5. The topological polar surface area (TPSA) is 17.1 Å². The molecule has 0 amide bonds. The Balaban J connectivity index is 1.31. The highest BCUT2D eigenvalue weighted by atomic mass is 35.5. The Morgan fingerprint density at radius 3 is 1.08 bits per heavy atom. The zero-order valence-electron chi connectivity index (χ0n) is 31.8. The van der Waals surface area contributed by atoms with E-state index in [1.807, 2.05) is 0 Å². The predicted octanol–water partition coefficient (Wildman–Crippen LogP) is 17.2. The highest BCUT2D eigenvalue weighted by Gasteiger charge is 2.36. The minimum atomic E-state index is -0.408. The normalized spacial score (nSPS) is 14.4. The number of fused-ring (bicyclic) bond motifs is 2. The number of benzene rings is 20. The number of carbonyl (C=O) groups excluding carboxylic acids is 1. The molecule has 0 aliphatic carbocycles. The number of halogens is 1. The highest BCUT2D eigenvalue weighted by Crippen LogP contribution is 2.65. The van der Waals surface area contributed by atoms with E-state index >= 15 is 0 Å². The van der Waals surface area contributed by atoms with Crippen LogP contribution in [-0.4, -0.2) is 5.24 Å². The standard InChI is InChI=1S/C59H19ClO/c60-59(61)34-19-28-18-27-17-25-14-21-3-1-5-29-31-10-9-20-7-8-23-15-26-16-24-13-22-4-2-6-30-32-11-12-33(34)44-39(28)50-43(27)52-40(25)47(35(21)29)53-45(31)37(20)38(23)49-42(26)51-41(24)48(36(22)30)54(46(32)44)56(50)58(51)57(52)55(49)53/h1-19H. The lowest BCUT2D eigenvalue weighted by molar-refractivity contribution is 0.108. The van der Waals surface area contributed by atoms with Crippen molar-refractivity contribution in [2.24, 2.45) is 0 Å². The zero-order valence-corrected chi connectivity index (χ0v) is 32.5. The molecule has 268 valence electrons. The van der Waals surface area contributed by atoms with Gasteiger partial charge in [0.05, 0.1) is 0 Å². The molecule has 0 aromatic heterocycles. The molecule has 0 radical (unpaired) electrons. The lowest BCUT2D eigenvalue weighted by Crippen LogP contribution is -2.04. The lowest BCUT2D eigenvalue weighted by atomic mass is 9.69. The summed E-state index contributed by atoms with van der Waals surface area (Å²) in [6.07, 6.45) is 0. The molecule has 61 heavy (non-hydrogen) atoms. The molecule has 0 aliphatic rings. The molecule has 0 N–H and O–H groups in total. The number of rotatable bonds is 1. The molecule has 0 heterocycles. The Morgan fingerprint density at radius 1 is 0.246 bits per heavy atom. The van der Waals surface area contributed by atoms with Crippen molar-refractivity contribution < 1.29 is 4.79 Å². The van der Waals surface area contributed by atoms with Crippen LogP contribution >= 0.6 is 11.6 Å². The van der Waals surface area contributed by atoms with Crippen molar-refractivity contribution in [1.82, 2.24) is 0 Å². The minimum absolute atomic E-state index is 0.408. The van der Waals surface area contributed by atoms with E-state index in [0.717, 1.165) is 10.8 Å². The monoisotopic (exact) mass is 778 g/mol. The molecule has 0 atom stereocenters. The van der Waals surface area contributed by atoms with Crippen LogP contribution in [0.4, 0.5) is 0 Å². The van der Waals surface area contributed by atoms with Gasteiger partial charge in [-0.2, -0.15) is 0 Å². The molecule has 0 unspecified atom stereocenters. The van der Waals surface area contributed by atoms with Crippen molar-refractivity contribution in [3.63, 3.8) is 0 Å². The van der Waals surface area contributed by atoms with Crippen molar-refractivity contribution in [2.75, 3.05) is 0 Å². The molecular weight excluding hydrogens is 760 g/mol. The third-order valence-corrected chi connectivity index (χ3v) is 17.0. The number of hydrogen-bond donors (Lipinski definition) is 0. The van der Waals surface area contributed by atoms with Gasteiger partial charge < -0.3 is 0 Å². The Hall–Kier alpha value is -7.58. The summed E-state index contributed by atoms with van der Waals surface area (Å²) in [7, 11) is 0. The van der Waals surface area contributed by atoms with E-state index in [0.29, 0.717) is 5.56 Å². The van der Waals surface area contributed by atoms with Gasteiger partial charge in [0, 0.05) is 5.56 Å². The summed E-state index contributed by atoms with van der Waals surface area (Å²) in [5.74, 6) is 0. The van der Waals surface area contributed by atoms with Crippen molar-refractivity contribution >= 4 is 222 Å². The van der Waals surface area contributed by atoms with Crippen LogP contribution in [0.15, 0.2) is 115 Å². The number of carbonyl (C=O) groups is 1. The van der Waals surface area contributed by atoms with E-state index in [9.17, 15) is 4.79 Å². The molecule has 2 heteroatoms. The third-order valence-electron chi connectivity index (χ3n) is 16.8. The van der Waals surface area contributed by atoms with Gasteiger partial charge in [-0.3, -0.25) is 4.79 Å². The fourth-order valence-electron chi connectivity index (χ4n) is 15.2. The van der Waals surface area contributed by atoms with E-state index in [1.165, 1.54) is 194 Å². The van der Waals surface area contributed by atoms with Gasteiger partial charge in [0.15, 0.2) is 0 Å². The van der Waals surface area contributed by atoms with Gasteiger partial charge in [-0.15, -0.1) is 0 Å². The quantitative estimate of drug-likeness (QED) is 0.0921. The Morgan fingerprint density at radius 2 is 0.541 bits per heavy atom. The van der Waals surface area contributed by atoms with Crippen LogP contribution in [0.25, 0.3) is 205 Å². The molecule has 0 aliphatic heterocycles. The largest absolute Gasteiger partial charge is 0.276 e. The minimum Gasteiger partial charge on any atom is -0.276 e. The van der Waals surface area contributed by atoms with Crippen molar-refractivity contribution in [1.29, 1.82) is 0 Å². The molecule has 0 saturated carbocycles. The predicted molar refractivity (Wildman–Crippen MR) is 263 cm³/mol. The summed E-state index contributed by atoms with van der Waals surface area (Å²) in [6, 6.07) is 44.8. The van der Waals surface area contributed by atoms with Crippen LogP contribution in [-0.2, 0) is 0 Å². The van der Waals surface area contributed by atoms with Crippen LogP contribution in [0.2, 0.25) is 0 Å². The van der Waals surface area contributed by atoms with E-state index in [1.54, 1.807) is 0 Å². The zero-order chi connectivity index (χ0) is 38.5. The Labute approximate surface area is 345 Å². The van der Waals surface area contributed by atoms with Crippen LogP contribution < -0.4 is 0 Å². The summed E-state index contributed by atoms with van der Waals surface area (Å²) < 4.78 is 0. The third kappa shape index (κ3) is 2.40. The fourth-order valence-corrected chi connectivity index (χ4v) is 15.3. The van der Waals surface area contributed by atoms with Gasteiger partial charge in [0.25, 0.3) is 5.24 Å². The molecule has 20 aromatic rings. The smallest absolute Gasteiger partial charge is 0.253 e. The summed E-state index contributed by atoms with van der Waals surface area (Å²) in [6.45, 7) is 0. The van der Waals surface area contributed by atoms with Gasteiger partial charge in [0.1, 0.15) is 0 Å². The molecule has 20 aromatic carbocycles. The number of hydrogen-bond acceptors (Lipinski definition) is 1. The first kappa shape index (κ1) is 28.0. The van der Waals surface area contributed by atoms with Crippen LogP contribution in [0.1, 0.15) is 10.4 Å². The SMILES string of the molecule is O=C(Cl)c1cc2cc3cc4cc5cccc6c7ccc8ccc9cc%10cc%11cc%12cccc%13c%14ccc1c1c2c2c3c3c4c(c56)c4c7c8c9c5c%10c6c%11c(c%12%13)c(c%141)c2c6c3c54. The second kappa shape index (κ2) is 8.02. The average molecular weight is 779 g/mol. The Kier molecular flexibility index (Phi) is 3.68. The van der Waals surface area contributed by atoms with E-state index in [-0.39, 0.29) is 0 Å². The van der Waals surface area contributed by atoms with E-state index in [2.05, 4.69) is 115 Å². The highest BCUT2D eigenvalue weighted by molar-refractivity contribution is 6.70. The van der Waals surface area contributed by atoms with Crippen molar-refractivity contribution in [3.05, 3.63) is 121 Å². The maximum Gasteiger partial charge on any atom is 0.253 e. The first-order chi connectivity index (χ1) is 30.1. The maximum absolute atomic E-state index is 13.5. The summed E-state index contributed by atoms with van der Waals surface area (Å²) in [5.41, 5.74) is 0.583. The van der Waals surface area contributed by atoms with Crippen molar-refractivity contribution in [3.8, 4) is 0 Å². The lowest BCUT2D eigenvalue weighted by Gasteiger charge is -2.32. The molecule has 1 nitrogen and oxygen atoms in total. The van der Waals surface area contributed by atoms with Gasteiger partial charge in [-0.05, 0) is 259 Å². The van der Waals surface area contributed by atoms with Gasteiger partial charge in [-0.25, -0.2) is 0 Å². The van der Waals surface area contributed by atoms with Crippen molar-refractivity contribution in [2.45, 2.75) is 0 Å². The van der Waals surface area contributed by atoms with Crippen LogP contribution in [0.3, 0.4) is 0 Å². The second-order valence-corrected chi connectivity index (χ2v) is 19.3. The molecule has 0 bridgehead atoms. The summed E-state index contributed by atoms with van der Waals surface area (Å²) in [4.78, 5) is 13.5. The molecule has 0 spiro atoms. The first-order valence-electron chi connectivity index (χ1n) is 21.4. The first-order valence-corrected chi connectivity index (χ1v) is 21.8. The summed E-state index contributed by atoms with van der Waals surface area (Å²) >= 11 is 6.60. The van der Waals surface area contributed by atoms with E-state index in [4.69, 9.17) is 11.6 Å². The van der Waals surface area contributed by atoms with Gasteiger partial charge in [0.2, 0.25) is 0 Å². The second-order valence-electron chi connectivity index (χ2n) is 18.9. The molecule has 20 rings (SSSR count). The molecule has 0 fully saturated rings. The molecular formula is C59H19ClO.